The predicted octanol–water partition coefficient (Wildman–Crippen LogP) is 2.96. The van der Waals surface area contributed by atoms with E-state index in [2.05, 4.69) is 5.32 Å². The first-order valence-electron chi connectivity index (χ1n) is 10.5. The largest absolute Gasteiger partial charge is 0.324 e. The summed E-state index contributed by atoms with van der Waals surface area (Å²) in [5, 5.41) is 2.68. The minimum absolute atomic E-state index is 0.169. The van der Waals surface area contributed by atoms with Crippen molar-refractivity contribution in [2.45, 2.75) is 44.0 Å². The Morgan fingerprint density at radius 3 is 2.03 bits per heavy atom. The topological polar surface area (TPSA) is 104 Å². The van der Waals surface area contributed by atoms with Crippen LogP contribution in [0.1, 0.15) is 31.7 Å². The van der Waals surface area contributed by atoms with E-state index >= 15 is 0 Å². The van der Waals surface area contributed by atoms with Crippen LogP contribution in [0.4, 0.5) is 11.4 Å². The summed E-state index contributed by atoms with van der Waals surface area (Å²) < 4.78 is 52.9. The van der Waals surface area contributed by atoms with E-state index in [-0.39, 0.29) is 4.90 Å². The molecule has 174 valence electrons. The molecule has 1 aliphatic heterocycles. The molecule has 1 unspecified atom stereocenters. The van der Waals surface area contributed by atoms with Crippen LogP contribution in [0.15, 0.2) is 53.4 Å². The third-order valence-electron chi connectivity index (χ3n) is 5.45. The highest BCUT2D eigenvalue weighted by Gasteiger charge is 2.29. The van der Waals surface area contributed by atoms with Gasteiger partial charge in [-0.15, -0.1) is 0 Å². The van der Waals surface area contributed by atoms with Crippen LogP contribution >= 0.6 is 0 Å². The van der Waals surface area contributed by atoms with Crippen LogP contribution < -0.4 is 9.62 Å². The van der Waals surface area contributed by atoms with Crippen molar-refractivity contribution in [1.82, 2.24) is 4.31 Å². The van der Waals surface area contributed by atoms with Gasteiger partial charge in [0, 0.05) is 18.8 Å². The average molecular weight is 480 g/mol. The molecule has 10 heteroatoms. The van der Waals surface area contributed by atoms with Crippen LogP contribution in [-0.4, -0.2) is 52.4 Å². The molecule has 2 aromatic rings. The zero-order valence-corrected chi connectivity index (χ0v) is 20.1. The number of piperidine rings is 1. The van der Waals surface area contributed by atoms with E-state index < -0.39 is 32.0 Å². The molecule has 3 rings (SSSR count). The van der Waals surface area contributed by atoms with Crippen molar-refractivity contribution in [2.75, 3.05) is 29.0 Å². The van der Waals surface area contributed by atoms with Crippen molar-refractivity contribution in [3.05, 3.63) is 54.1 Å². The first-order chi connectivity index (χ1) is 15.0. The number of rotatable bonds is 7. The fourth-order valence-corrected chi connectivity index (χ4v) is 6.40. The summed E-state index contributed by atoms with van der Waals surface area (Å²) in [4.78, 5) is 13.0. The molecule has 1 aliphatic rings. The highest BCUT2D eigenvalue weighted by atomic mass is 32.2. The maximum Gasteiger partial charge on any atom is 0.247 e. The molecule has 1 heterocycles. The van der Waals surface area contributed by atoms with Gasteiger partial charge in [-0.1, -0.05) is 24.1 Å². The van der Waals surface area contributed by atoms with Gasteiger partial charge >= 0.3 is 0 Å². The quantitative estimate of drug-likeness (QED) is 0.658. The van der Waals surface area contributed by atoms with Gasteiger partial charge in [-0.05, 0) is 63.1 Å². The molecule has 0 saturated carbocycles. The minimum Gasteiger partial charge on any atom is -0.324 e. The lowest BCUT2D eigenvalue weighted by Gasteiger charge is -2.28. The van der Waals surface area contributed by atoms with E-state index in [1.807, 2.05) is 6.92 Å². The van der Waals surface area contributed by atoms with Crippen molar-refractivity contribution in [2.24, 2.45) is 0 Å². The Kier molecular flexibility index (Phi) is 7.26. The van der Waals surface area contributed by atoms with E-state index in [0.717, 1.165) is 35.4 Å². The number of anilines is 2. The molecule has 0 aliphatic carbocycles. The molecular formula is C22H29N3O5S2. The third kappa shape index (κ3) is 5.48. The number of hydrogen-bond donors (Lipinski definition) is 1. The molecular weight excluding hydrogens is 450 g/mol. The van der Waals surface area contributed by atoms with Gasteiger partial charge in [0.05, 0.1) is 16.8 Å². The Balaban J connectivity index is 1.76. The number of sulfonamides is 2. The second kappa shape index (κ2) is 9.60. The zero-order valence-electron chi connectivity index (χ0n) is 18.5. The molecule has 1 fully saturated rings. The van der Waals surface area contributed by atoms with Gasteiger partial charge in [-0.3, -0.25) is 9.10 Å². The molecule has 0 aromatic heterocycles. The molecule has 0 bridgehead atoms. The molecule has 0 radical (unpaired) electrons. The number of amides is 1. The number of nitrogens with zero attached hydrogens (tertiary/aromatic N) is 2. The maximum absolute atomic E-state index is 12.8. The monoisotopic (exact) mass is 479 g/mol. The highest BCUT2D eigenvalue weighted by molar-refractivity contribution is 7.92. The van der Waals surface area contributed by atoms with Crippen LogP contribution in [0, 0.1) is 6.92 Å². The fourth-order valence-electron chi connectivity index (χ4n) is 3.71. The lowest BCUT2D eigenvalue weighted by Crippen LogP contribution is -2.45. The van der Waals surface area contributed by atoms with Gasteiger partial charge in [0.25, 0.3) is 0 Å². The van der Waals surface area contributed by atoms with Gasteiger partial charge in [0.15, 0.2) is 0 Å². The first kappa shape index (κ1) is 24.2. The molecule has 0 spiro atoms. The SMILES string of the molecule is Cc1ccc(N(C(C)C(=O)Nc2ccc(S(=O)(=O)N3CCCCC3)cc2)S(C)(=O)=O)cc1. The highest BCUT2D eigenvalue weighted by Crippen LogP contribution is 2.24. The van der Waals surface area contributed by atoms with Crippen molar-refractivity contribution >= 4 is 37.3 Å². The van der Waals surface area contributed by atoms with E-state index in [0.29, 0.717) is 24.5 Å². The second-order valence-corrected chi connectivity index (χ2v) is 11.8. The number of aryl methyl sites for hydroxylation is 1. The zero-order chi connectivity index (χ0) is 23.5. The van der Waals surface area contributed by atoms with Crippen LogP contribution in [0.2, 0.25) is 0 Å². The number of benzene rings is 2. The summed E-state index contributed by atoms with van der Waals surface area (Å²) in [6.07, 6.45) is 3.78. The van der Waals surface area contributed by atoms with Crippen LogP contribution in [0.5, 0.6) is 0 Å². The Hall–Kier alpha value is -2.43. The Labute approximate surface area is 190 Å². The summed E-state index contributed by atoms with van der Waals surface area (Å²) in [5.74, 6) is -0.525. The molecule has 1 N–H and O–H groups in total. The molecule has 8 nitrogen and oxygen atoms in total. The fraction of sp³-hybridized carbons (Fsp3) is 0.409. The minimum atomic E-state index is -3.72. The number of nitrogens with one attached hydrogen (secondary N) is 1. The molecule has 2 aromatic carbocycles. The smallest absolute Gasteiger partial charge is 0.247 e. The first-order valence-corrected chi connectivity index (χ1v) is 13.8. The molecule has 1 atom stereocenters. The van der Waals surface area contributed by atoms with Crippen molar-refractivity contribution in [3.8, 4) is 0 Å². The normalized spacial score (nSPS) is 16.3. The van der Waals surface area contributed by atoms with Crippen LogP contribution in [-0.2, 0) is 24.8 Å². The third-order valence-corrected chi connectivity index (χ3v) is 8.61. The Morgan fingerprint density at radius 2 is 1.50 bits per heavy atom. The van der Waals surface area contributed by atoms with Crippen molar-refractivity contribution in [3.63, 3.8) is 0 Å². The van der Waals surface area contributed by atoms with Crippen LogP contribution in [0.25, 0.3) is 0 Å². The maximum atomic E-state index is 12.8. The predicted molar refractivity (Wildman–Crippen MR) is 126 cm³/mol. The summed E-state index contributed by atoms with van der Waals surface area (Å²) in [6, 6.07) is 11.8. The Morgan fingerprint density at radius 1 is 0.938 bits per heavy atom. The number of hydrogen-bond acceptors (Lipinski definition) is 5. The van der Waals surface area contributed by atoms with Gasteiger partial charge in [0.2, 0.25) is 26.0 Å². The standard InChI is InChI=1S/C22H29N3O5S2/c1-17-7-11-20(12-8-17)25(31(3,27)28)18(2)22(26)23-19-9-13-21(14-10-19)32(29,30)24-15-5-4-6-16-24/h7-14,18H,4-6,15-16H2,1-3H3,(H,23,26). The van der Waals surface area contributed by atoms with E-state index in [4.69, 9.17) is 0 Å². The second-order valence-electron chi connectivity index (χ2n) is 8.05. The average Bonchev–Trinajstić information content (AvgIpc) is 2.75. The number of carbonyl (C=O) groups excluding carboxylic acids is 1. The lowest BCUT2D eigenvalue weighted by atomic mass is 10.2. The van der Waals surface area contributed by atoms with Gasteiger partial charge in [0.1, 0.15) is 6.04 Å². The van der Waals surface area contributed by atoms with E-state index in [1.165, 1.54) is 35.5 Å². The van der Waals surface area contributed by atoms with Gasteiger partial charge in [-0.2, -0.15) is 4.31 Å². The summed E-state index contributed by atoms with van der Waals surface area (Å²) in [5.41, 5.74) is 1.75. The van der Waals surface area contributed by atoms with E-state index in [9.17, 15) is 21.6 Å². The molecule has 32 heavy (non-hydrogen) atoms. The van der Waals surface area contributed by atoms with E-state index in [1.54, 1.807) is 24.3 Å². The molecule has 1 amide bonds. The summed E-state index contributed by atoms with van der Waals surface area (Å²) >= 11 is 0. The van der Waals surface area contributed by atoms with Gasteiger partial charge in [-0.25, -0.2) is 16.8 Å². The van der Waals surface area contributed by atoms with Crippen LogP contribution in [0.3, 0.4) is 0 Å². The lowest BCUT2D eigenvalue weighted by molar-refractivity contribution is -0.116. The number of carbonyl (C=O) groups is 1. The van der Waals surface area contributed by atoms with Gasteiger partial charge < -0.3 is 5.32 Å². The molecule has 1 saturated heterocycles. The summed E-state index contributed by atoms with van der Waals surface area (Å²) in [6.45, 7) is 4.42. The van der Waals surface area contributed by atoms with Crippen molar-refractivity contribution < 1.29 is 21.6 Å². The Bertz CT molecular complexity index is 1160. The van der Waals surface area contributed by atoms with Crippen molar-refractivity contribution in [1.29, 1.82) is 0 Å². The summed E-state index contributed by atoms with van der Waals surface area (Å²) in [7, 11) is -7.28.